The van der Waals surface area contributed by atoms with E-state index in [1.165, 1.54) is 6.07 Å². The first kappa shape index (κ1) is 14.1. The van der Waals surface area contributed by atoms with E-state index in [1.54, 1.807) is 19.1 Å². The number of aliphatic hydroxyl groups is 1. The van der Waals surface area contributed by atoms with Crippen molar-refractivity contribution in [3.8, 4) is 0 Å². The van der Waals surface area contributed by atoms with Crippen LogP contribution in [0.3, 0.4) is 0 Å². The summed E-state index contributed by atoms with van der Waals surface area (Å²) in [5.41, 5.74) is 0.711. The van der Waals surface area contributed by atoms with Gasteiger partial charge in [0.05, 0.1) is 6.10 Å². The van der Waals surface area contributed by atoms with E-state index >= 15 is 0 Å². The standard InChI is InChI=1S/C12H17FO3S/c1-9-5-3-6-10(12(9)13)11(14)7-4-8-17(2,15)16/h3,5-6,11,14H,4,7-8H2,1-2H3. The third-order valence-electron chi connectivity index (χ3n) is 2.57. The van der Waals surface area contributed by atoms with Crippen molar-refractivity contribution in [2.24, 2.45) is 0 Å². The van der Waals surface area contributed by atoms with E-state index in [0.29, 0.717) is 12.0 Å². The monoisotopic (exact) mass is 260 g/mol. The van der Waals surface area contributed by atoms with Gasteiger partial charge >= 0.3 is 0 Å². The molecule has 1 unspecified atom stereocenters. The molecule has 1 aromatic carbocycles. The van der Waals surface area contributed by atoms with Crippen LogP contribution in [0.1, 0.15) is 30.1 Å². The van der Waals surface area contributed by atoms with Crippen molar-refractivity contribution in [1.29, 1.82) is 0 Å². The molecule has 1 rings (SSSR count). The summed E-state index contributed by atoms with van der Waals surface area (Å²) in [6.45, 7) is 1.63. The molecule has 0 bridgehead atoms. The number of hydrogen-bond donors (Lipinski definition) is 1. The van der Waals surface area contributed by atoms with E-state index in [-0.39, 0.29) is 17.7 Å². The van der Waals surface area contributed by atoms with Gasteiger partial charge in [0.1, 0.15) is 15.7 Å². The van der Waals surface area contributed by atoms with E-state index in [0.717, 1.165) is 6.26 Å². The van der Waals surface area contributed by atoms with Crippen molar-refractivity contribution < 1.29 is 17.9 Å². The lowest BCUT2D eigenvalue weighted by atomic mass is 10.0. The molecule has 0 aliphatic rings. The summed E-state index contributed by atoms with van der Waals surface area (Å²) >= 11 is 0. The molecule has 0 heterocycles. The predicted molar refractivity (Wildman–Crippen MR) is 65.0 cm³/mol. The van der Waals surface area contributed by atoms with Crippen molar-refractivity contribution in [3.63, 3.8) is 0 Å². The fourth-order valence-electron chi connectivity index (χ4n) is 1.62. The van der Waals surface area contributed by atoms with E-state index in [1.807, 2.05) is 0 Å². The highest BCUT2D eigenvalue weighted by Gasteiger charge is 2.14. The van der Waals surface area contributed by atoms with E-state index in [9.17, 15) is 17.9 Å². The molecule has 0 aliphatic carbocycles. The Bertz CT molecular complexity index is 483. The molecule has 96 valence electrons. The van der Waals surface area contributed by atoms with Crippen LogP contribution in [0.25, 0.3) is 0 Å². The number of benzene rings is 1. The minimum atomic E-state index is -3.03. The zero-order valence-electron chi connectivity index (χ0n) is 9.98. The highest BCUT2D eigenvalue weighted by atomic mass is 32.2. The van der Waals surface area contributed by atoms with Crippen molar-refractivity contribution in [1.82, 2.24) is 0 Å². The Hall–Kier alpha value is -0.940. The smallest absolute Gasteiger partial charge is 0.147 e. The lowest BCUT2D eigenvalue weighted by Gasteiger charge is -2.12. The topological polar surface area (TPSA) is 54.4 Å². The van der Waals surface area contributed by atoms with Gasteiger partial charge in [-0.2, -0.15) is 0 Å². The fraction of sp³-hybridized carbons (Fsp3) is 0.500. The number of sulfone groups is 1. The summed E-state index contributed by atoms with van der Waals surface area (Å²) < 4.78 is 35.5. The average molecular weight is 260 g/mol. The van der Waals surface area contributed by atoms with Crippen LogP contribution in [0, 0.1) is 12.7 Å². The molecule has 0 saturated heterocycles. The summed E-state index contributed by atoms with van der Waals surface area (Å²) in [6, 6.07) is 4.82. The first-order valence-corrected chi connectivity index (χ1v) is 7.48. The van der Waals surface area contributed by atoms with Crippen LogP contribution in [0.5, 0.6) is 0 Å². The Labute approximate surface area is 101 Å². The van der Waals surface area contributed by atoms with Gasteiger partial charge in [-0.05, 0) is 25.3 Å². The molecule has 17 heavy (non-hydrogen) atoms. The quantitative estimate of drug-likeness (QED) is 0.881. The van der Waals surface area contributed by atoms with Crippen molar-refractivity contribution in [2.45, 2.75) is 25.9 Å². The van der Waals surface area contributed by atoms with Gasteiger partial charge in [0.15, 0.2) is 0 Å². The Morgan fingerprint density at radius 3 is 2.65 bits per heavy atom. The predicted octanol–water partition coefficient (Wildman–Crippen LogP) is 1.99. The maximum Gasteiger partial charge on any atom is 0.147 e. The number of halogens is 1. The summed E-state index contributed by atoms with van der Waals surface area (Å²) in [7, 11) is -3.03. The molecule has 0 amide bonds. The van der Waals surface area contributed by atoms with Gasteiger partial charge in [-0.3, -0.25) is 0 Å². The second-order valence-electron chi connectivity index (χ2n) is 4.27. The molecule has 5 heteroatoms. The first-order chi connectivity index (χ1) is 7.81. The van der Waals surface area contributed by atoms with Gasteiger partial charge in [-0.15, -0.1) is 0 Å². The fourth-order valence-corrected chi connectivity index (χ4v) is 2.31. The number of hydrogen-bond acceptors (Lipinski definition) is 3. The molecular formula is C12H17FO3S. The maximum atomic E-state index is 13.6. The normalized spacial score (nSPS) is 13.6. The highest BCUT2D eigenvalue weighted by molar-refractivity contribution is 7.90. The first-order valence-electron chi connectivity index (χ1n) is 5.42. The lowest BCUT2D eigenvalue weighted by Crippen LogP contribution is -2.07. The van der Waals surface area contributed by atoms with Crippen molar-refractivity contribution >= 4 is 9.84 Å². The van der Waals surface area contributed by atoms with Crippen LogP contribution in [-0.2, 0) is 9.84 Å². The number of aliphatic hydroxyl groups excluding tert-OH is 1. The van der Waals surface area contributed by atoms with Crippen molar-refractivity contribution in [3.05, 3.63) is 35.1 Å². The molecule has 1 aromatic rings. The molecule has 0 aromatic heterocycles. The molecule has 0 aliphatic heterocycles. The molecule has 1 atom stereocenters. The Morgan fingerprint density at radius 1 is 1.41 bits per heavy atom. The highest BCUT2D eigenvalue weighted by Crippen LogP contribution is 2.23. The molecule has 0 spiro atoms. The molecule has 0 radical (unpaired) electrons. The average Bonchev–Trinajstić information content (AvgIpc) is 2.20. The summed E-state index contributed by atoms with van der Waals surface area (Å²) in [5.74, 6) is -0.406. The number of rotatable bonds is 5. The lowest BCUT2D eigenvalue weighted by molar-refractivity contribution is 0.162. The van der Waals surface area contributed by atoms with Gasteiger partial charge < -0.3 is 5.11 Å². The third kappa shape index (κ3) is 4.44. The second-order valence-corrected chi connectivity index (χ2v) is 6.53. The van der Waals surface area contributed by atoms with E-state index < -0.39 is 21.8 Å². The van der Waals surface area contributed by atoms with Gasteiger partial charge in [-0.25, -0.2) is 12.8 Å². The minimum absolute atomic E-state index is 0.0114. The van der Waals surface area contributed by atoms with E-state index in [2.05, 4.69) is 0 Å². The maximum absolute atomic E-state index is 13.6. The van der Waals surface area contributed by atoms with Crippen LogP contribution >= 0.6 is 0 Å². The minimum Gasteiger partial charge on any atom is -0.388 e. The van der Waals surface area contributed by atoms with Crippen molar-refractivity contribution in [2.75, 3.05) is 12.0 Å². The zero-order valence-corrected chi connectivity index (χ0v) is 10.8. The molecule has 3 nitrogen and oxygen atoms in total. The Balaban J connectivity index is 2.64. The number of aryl methyl sites for hydroxylation is 1. The second kappa shape index (κ2) is 5.60. The van der Waals surface area contributed by atoms with Crippen LogP contribution in [0.2, 0.25) is 0 Å². The van der Waals surface area contributed by atoms with Crippen LogP contribution in [-0.4, -0.2) is 25.5 Å². The van der Waals surface area contributed by atoms with Crippen LogP contribution in [0.4, 0.5) is 4.39 Å². The molecular weight excluding hydrogens is 243 g/mol. The third-order valence-corrected chi connectivity index (χ3v) is 3.60. The Kier molecular flexibility index (Phi) is 4.65. The summed E-state index contributed by atoms with van der Waals surface area (Å²) in [5, 5.41) is 9.79. The van der Waals surface area contributed by atoms with Gasteiger partial charge in [-0.1, -0.05) is 18.2 Å². The van der Waals surface area contributed by atoms with Gasteiger partial charge in [0.2, 0.25) is 0 Å². The Morgan fingerprint density at radius 2 is 2.06 bits per heavy atom. The molecule has 1 N–H and O–H groups in total. The summed E-state index contributed by atoms with van der Waals surface area (Å²) in [4.78, 5) is 0. The van der Waals surface area contributed by atoms with E-state index in [4.69, 9.17) is 0 Å². The zero-order chi connectivity index (χ0) is 13.1. The van der Waals surface area contributed by atoms with Gasteiger partial charge in [0, 0.05) is 17.6 Å². The van der Waals surface area contributed by atoms with Gasteiger partial charge in [0.25, 0.3) is 0 Å². The summed E-state index contributed by atoms with van der Waals surface area (Å²) in [6.07, 6.45) is 0.768. The SMILES string of the molecule is Cc1cccc(C(O)CCCS(C)(=O)=O)c1F. The van der Waals surface area contributed by atoms with Crippen LogP contribution in [0.15, 0.2) is 18.2 Å². The molecule has 0 saturated carbocycles. The van der Waals surface area contributed by atoms with Crippen LogP contribution < -0.4 is 0 Å². The largest absolute Gasteiger partial charge is 0.388 e. The molecule has 0 fully saturated rings.